The van der Waals surface area contributed by atoms with E-state index in [4.69, 9.17) is 4.74 Å². The minimum atomic E-state index is -0.578. The second kappa shape index (κ2) is 6.50. The number of esters is 1. The highest BCUT2D eigenvalue weighted by Crippen LogP contribution is 2.17. The Hall–Kier alpha value is -0.650. The molecule has 106 valence electrons. The van der Waals surface area contributed by atoms with Crippen molar-refractivity contribution in [3.8, 4) is 0 Å². The van der Waals surface area contributed by atoms with Crippen LogP contribution in [0.1, 0.15) is 19.8 Å². The number of hydrogen-bond donors (Lipinski definition) is 1. The molecule has 0 spiro atoms. The number of hydrogen-bond acceptors (Lipinski definition) is 5. The van der Waals surface area contributed by atoms with Crippen molar-refractivity contribution in [3.63, 3.8) is 0 Å². The molecule has 1 aliphatic heterocycles. The standard InChI is InChI=1S/C13H27N3O2/c1-13(14-2,12(17)18-5)7-9-16-8-6-11(10-16)15(3)4/h11,14H,6-10H2,1-5H3. The first-order valence-electron chi connectivity index (χ1n) is 6.59. The Bertz CT molecular complexity index is 283. The van der Waals surface area contributed by atoms with Crippen molar-refractivity contribution >= 4 is 5.97 Å². The maximum atomic E-state index is 11.7. The number of nitrogens with zero attached hydrogens (tertiary/aromatic N) is 2. The van der Waals surface area contributed by atoms with Gasteiger partial charge in [-0.2, -0.15) is 0 Å². The highest BCUT2D eigenvalue weighted by molar-refractivity contribution is 5.80. The van der Waals surface area contributed by atoms with Crippen LogP contribution >= 0.6 is 0 Å². The molecule has 0 saturated carbocycles. The quantitative estimate of drug-likeness (QED) is 0.687. The Labute approximate surface area is 110 Å². The van der Waals surface area contributed by atoms with Gasteiger partial charge in [-0.15, -0.1) is 0 Å². The van der Waals surface area contributed by atoms with E-state index in [-0.39, 0.29) is 5.97 Å². The molecule has 0 aromatic rings. The Balaban J connectivity index is 2.43. The van der Waals surface area contributed by atoms with Gasteiger partial charge in [0.2, 0.25) is 0 Å². The summed E-state index contributed by atoms with van der Waals surface area (Å²) >= 11 is 0. The van der Waals surface area contributed by atoms with E-state index in [9.17, 15) is 4.79 Å². The number of likely N-dealkylation sites (N-methyl/N-ethyl adjacent to an activating group) is 2. The van der Waals surface area contributed by atoms with Gasteiger partial charge >= 0.3 is 5.97 Å². The van der Waals surface area contributed by atoms with Crippen LogP contribution in [0.4, 0.5) is 0 Å². The summed E-state index contributed by atoms with van der Waals surface area (Å²) in [4.78, 5) is 16.4. The lowest BCUT2D eigenvalue weighted by Gasteiger charge is -2.28. The lowest BCUT2D eigenvalue weighted by molar-refractivity contribution is -0.148. The molecule has 0 aromatic carbocycles. The van der Waals surface area contributed by atoms with E-state index in [1.54, 1.807) is 0 Å². The fourth-order valence-electron chi connectivity index (χ4n) is 2.37. The summed E-state index contributed by atoms with van der Waals surface area (Å²) in [6.45, 7) is 5.03. The molecule has 1 rings (SSSR count). The number of ether oxygens (including phenoxy) is 1. The molecule has 5 heteroatoms. The van der Waals surface area contributed by atoms with Crippen LogP contribution < -0.4 is 5.32 Å². The number of nitrogens with one attached hydrogen (secondary N) is 1. The van der Waals surface area contributed by atoms with Crippen LogP contribution in [-0.2, 0) is 9.53 Å². The minimum Gasteiger partial charge on any atom is -0.468 e. The summed E-state index contributed by atoms with van der Waals surface area (Å²) in [6.07, 6.45) is 1.98. The number of methoxy groups -OCH3 is 1. The summed E-state index contributed by atoms with van der Waals surface area (Å²) in [7, 11) is 7.50. The van der Waals surface area contributed by atoms with Gasteiger partial charge in [0.25, 0.3) is 0 Å². The van der Waals surface area contributed by atoms with E-state index in [0.29, 0.717) is 6.04 Å². The van der Waals surface area contributed by atoms with Crippen LogP contribution in [0.15, 0.2) is 0 Å². The number of carbonyl (C=O) groups is 1. The number of carbonyl (C=O) groups excluding carboxylic acids is 1. The van der Waals surface area contributed by atoms with Crippen molar-refractivity contribution in [3.05, 3.63) is 0 Å². The first-order chi connectivity index (χ1) is 8.42. The molecule has 0 bridgehead atoms. The van der Waals surface area contributed by atoms with Gasteiger partial charge < -0.3 is 19.9 Å². The predicted octanol–water partition coefficient (Wildman–Crippen LogP) is 0.164. The molecule has 2 unspecified atom stereocenters. The van der Waals surface area contributed by atoms with E-state index in [2.05, 4.69) is 29.2 Å². The van der Waals surface area contributed by atoms with Crippen LogP contribution in [-0.4, -0.2) is 75.2 Å². The zero-order valence-corrected chi connectivity index (χ0v) is 12.3. The van der Waals surface area contributed by atoms with Gasteiger partial charge in [-0.1, -0.05) is 0 Å². The lowest BCUT2D eigenvalue weighted by atomic mass is 9.98. The molecule has 1 aliphatic rings. The van der Waals surface area contributed by atoms with E-state index in [1.807, 2.05) is 14.0 Å². The second-order valence-corrected chi connectivity index (χ2v) is 5.53. The molecular formula is C13H27N3O2. The van der Waals surface area contributed by atoms with Crippen LogP contribution in [0.2, 0.25) is 0 Å². The van der Waals surface area contributed by atoms with Crippen LogP contribution in [0, 0.1) is 0 Å². The first kappa shape index (κ1) is 15.4. The van der Waals surface area contributed by atoms with Crippen molar-refractivity contribution in [2.45, 2.75) is 31.3 Å². The van der Waals surface area contributed by atoms with Crippen molar-refractivity contribution in [2.75, 3.05) is 47.9 Å². The molecular weight excluding hydrogens is 230 g/mol. The van der Waals surface area contributed by atoms with Gasteiger partial charge in [0.1, 0.15) is 5.54 Å². The molecule has 1 heterocycles. The molecule has 0 radical (unpaired) electrons. The SMILES string of the molecule is CNC(C)(CCN1CCC(N(C)C)C1)C(=O)OC. The molecule has 0 amide bonds. The summed E-state index contributed by atoms with van der Waals surface area (Å²) in [6, 6.07) is 0.643. The minimum absolute atomic E-state index is 0.187. The average Bonchev–Trinajstić information content (AvgIpc) is 2.84. The van der Waals surface area contributed by atoms with Gasteiger partial charge in [-0.25, -0.2) is 0 Å². The van der Waals surface area contributed by atoms with Crippen LogP contribution in [0.3, 0.4) is 0 Å². The maximum Gasteiger partial charge on any atom is 0.325 e. The summed E-state index contributed by atoms with van der Waals surface area (Å²) in [5.74, 6) is -0.187. The third-order valence-corrected chi connectivity index (χ3v) is 4.09. The van der Waals surface area contributed by atoms with Gasteiger partial charge in [0, 0.05) is 19.1 Å². The Morgan fingerprint density at radius 2 is 2.22 bits per heavy atom. The third-order valence-electron chi connectivity index (χ3n) is 4.09. The van der Waals surface area contributed by atoms with Gasteiger partial charge in [-0.3, -0.25) is 4.79 Å². The van der Waals surface area contributed by atoms with Crippen molar-refractivity contribution < 1.29 is 9.53 Å². The monoisotopic (exact) mass is 257 g/mol. The fraction of sp³-hybridized carbons (Fsp3) is 0.923. The summed E-state index contributed by atoms with van der Waals surface area (Å²) in [5.41, 5.74) is -0.578. The Kier molecular flexibility index (Phi) is 5.56. The highest BCUT2D eigenvalue weighted by Gasteiger charge is 2.34. The van der Waals surface area contributed by atoms with E-state index >= 15 is 0 Å². The molecule has 18 heavy (non-hydrogen) atoms. The molecule has 5 nitrogen and oxygen atoms in total. The van der Waals surface area contributed by atoms with Gasteiger partial charge in [-0.05, 0) is 47.5 Å². The van der Waals surface area contributed by atoms with Crippen LogP contribution in [0.25, 0.3) is 0 Å². The Morgan fingerprint density at radius 1 is 1.56 bits per heavy atom. The van der Waals surface area contributed by atoms with E-state index in [0.717, 1.165) is 26.1 Å². The first-order valence-corrected chi connectivity index (χ1v) is 6.59. The lowest BCUT2D eigenvalue weighted by Crippen LogP contribution is -2.50. The third kappa shape index (κ3) is 3.67. The number of rotatable bonds is 6. The second-order valence-electron chi connectivity index (χ2n) is 5.53. The van der Waals surface area contributed by atoms with E-state index < -0.39 is 5.54 Å². The predicted molar refractivity (Wildman–Crippen MR) is 72.6 cm³/mol. The van der Waals surface area contributed by atoms with Gasteiger partial charge in [0.15, 0.2) is 0 Å². The summed E-state index contributed by atoms with van der Waals surface area (Å²) in [5, 5.41) is 3.08. The van der Waals surface area contributed by atoms with Crippen molar-refractivity contribution in [2.24, 2.45) is 0 Å². The van der Waals surface area contributed by atoms with Gasteiger partial charge in [0.05, 0.1) is 7.11 Å². The normalized spacial score (nSPS) is 24.2. The molecule has 0 aliphatic carbocycles. The zero-order chi connectivity index (χ0) is 13.8. The molecule has 1 saturated heterocycles. The highest BCUT2D eigenvalue weighted by atomic mass is 16.5. The average molecular weight is 257 g/mol. The van der Waals surface area contributed by atoms with Crippen molar-refractivity contribution in [1.29, 1.82) is 0 Å². The number of likely N-dealkylation sites (tertiary alicyclic amines) is 1. The smallest absolute Gasteiger partial charge is 0.325 e. The zero-order valence-electron chi connectivity index (χ0n) is 12.3. The fourth-order valence-corrected chi connectivity index (χ4v) is 2.37. The van der Waals surface area contributed by atoms with E-state index in [1.165, 1.54) is 13.5 Å². The Morgan fingerprint density at radius 3 is 2.67 bits per heavy atom. The largest absolute Gasteiger partial charge is 0.468 e. The molecule has 2 atom stereocenters. The summed E-state index contributed by atoms with van der Waals surface area (Å²) < 4.78 is 4.85. The maximum absolute atomic E-state index is 11.7. The molecule has 1 fully saturated rings. The van der Waals surface area contributed by atoms with Crippen LogP contribution in [0.5, 0.6) is 0 Å². The molecule has 0 aromatic heterocycles. The molecule has 1 N–H and O–H groups in total. The topological polar surface area (TPSA) is 44.8 Å². The van der Waals surface area contributed by atoms with Crippen molar-refractivity contribution in [1.82, 2.24) is 15.1 Å².